The van der Waals surface area contributed by atoms with Crippen LogP contribution in [0.5, 0.6) is 0 Å². The minimum absolute atomic E-state index is 0.116. The Morgan fingerprint density at radius 2 is 2.00 bits per heavy atom. The lowest BCUT2D eigenvalue weighted by Gasteiger charge is -2.36. The summed E-state index contributed by atoms with van der Waals surface area (Å²) < 4.78 is 30.1. The van der Waals surface area contributed by atoms with Gasteiger partial charge in [-0.25, -0.2) is 0 Å². The smallest absolute Gasteiger partial charge is 0.280 e. The molecule has 4 atom stereocenters. The predicted molar refractivity (Wildman–Crippen MR) is 79.6 cm³/mol. The van der Waals surface area contributed by atoms with E-state index in [1.807, 2.05) is 7.05 Å². The molecule has 2 bridgehead atoms. The molecular formula is C14H27N3O2S. The van der Waals surface area contributed by atoms with Crippen LogP contribution in [0.4, 0.5) is 0 Å². The highest BCUT2D eigenvalue weighted by Gasteiger charge is 2.43. The molecule has 1 aliphatic heterocycles. The second-order valence-corrected chi connectivity index (χ2v) is 8.38. The first-order valence-electron chi connectivity index (χ1n) is 8.04. The molecule has 1 heterocycles. The topological polar surface area (TPSA) is 61.4 Å². The molecule has 0 aromatic rings. The van der Waals surface area contributed by atoms with Crippen molar-refractivity contribution >= 4 is 10.2 Å². The Morgan fingerprint density at radius 1 is 1.15 bits per heavy atom. The van der Waals surface area contributed by atoms with E-state index < -0.39 is 10.2 Å². The molecule has 2 N–H and O–H groups in total. The lowest BCUT2D eigenvalue weighted by atomic mass is 9.96. The van der Waals surface area contributed by atoms with Crippen LogP contribution in [0.3, 0.4) is 0 Å². The monoisotopic (exact) mass is 301 g/mol. The zero-order chi connectivity index (χ0) is 14.2. The van der Waals surface area contributed by atoms with Crippen LogP contribution in [0.25, 0.3) is 0 Å². The van der Waals surface area contributed by atoms with Gasteiger partial charge in [-0.1, -0.05) is 12.8 Å². The molecule has 1 saturated heterocycles. The van der Waals surface area contributed by atoms with Gasteiger partial charge in [0.25, 0.3) is 10.2 Å². The van der Waals surface area contributed by atoms with Gasteiger partial charge in [-0.05, 0) is 51.0 Å². The fraction of sp³-hybridized carbons (Fsp3) is 1.00. The van der Waals surface area contributed by atoms with Gasteiger partial charge in [0.05, 0.1) is 0 Å². The highest BCUT2D eigenvalue weighted by atomic mass is 32.2. The second kappa shape index (κ2) is 5.91. The van der Waals surface area contributed by atoms with Crippen LogP contribution in [0.15, 0.2) is 0 Å². The van der Waals surface area contributed by atoms with Crippen molar-refractivity contribution in [1.29, 1.82) is 0 Å². The summed E-state index contributed by atoms with van der Waals surface area (Å²) in [5.74, 6) is 1.35. The van der Waals surface area contributed by atoms with Crippen molar-refractivity contribution < 1.29 is 8.42 Å². The van der Waals surface area contributed by atoms with Gasteiger partial charge in [-0.15, -0.1) is 0 Å². The van der Waals surface area contributed by atoms with Gasteiger partial charge in [0.15, 0.2) is 0 Å². The van der Waals surface area contributed by atoms with Crippen LogP contribution >= 0.6 is 0 Å². The van der Waals surface area contributed by atoms with E-state index in [0.29, 0.717) is 12.5 Å². The summed E-state index contributed by atoms with van der Waals surface area (Å²) in [6.45, 7) is 1.42. The van der Waals surface area contributed by atoms with Crippen LogP contribution in [0, 0.1) is 11.8 Å². The van der Waals surface area contributed by atoms with E-state index in [2.05, 4.69) is 10.0 Å². The molecule has 20 heavy (non-hydrogen) atoms. The van der Waals surface area contributed by atoms with Gasteiger partial charge in [-0.3, -0.25) is 0 Å². The molecule has 2 saturated carbocycles. The number of likely N-dealkylation sites (N-methyl/N-ethyl adjacent to an activating group) is 1. The first-order valence-corrected chi connectivity index (χ1v) is 9.48. The molecule has 0 radical (unpaired) electrons. The average molecular weight is 301 g/mol. The number of hydrogen-bond acceptors (Lipinski definition) is 3. The number of nitrogens with one attached hydrogen (secondary N) is 2. The third-order valence-corrected chi connectivity index (χ3v) is 7.06. The largest absolute Gasteiger partial charge is 0.318 e. The maximum absolute atomic E-state index is 12.7. The van der Waals surface area contributed by atoms with Crippen LogP contribution in [0.1, 0.15) is 44.9 Å². The molecule has 3 fully saturated rings. The maximum Gasteiger partial charge on any atom is 0.280 e. The van der Waals surface area contributed by atoms with Crippen molar-refractivity contribution in [2.75, 3.05) is 20.1 Å². The minimum atomic E-state index is -3.32. The maximum atomic E-state index is 12.7. The second-order valence-electron chi connectivity index (χ2n) is 6.72. The average Bonchev–Trinajstić information content (AvgIpc) is 3.01. The third kappa shape index (κ3) is 2.89. The van der Waals surface area contributed by atoms with Crippen LogP contribution in [0.2, 0.25) is 0 Å². The fourth-order valence-corrected chi connectivity index (χ4v) is 6.13. The zero-order valence-electron chi connectivity index (χ0n) is 12.3. The normalized spacial score (nSPS) is 38.5. The van der Waals surface area contributed by atoms with Crippen molar-refractivity contribution in [2.24, 2.45) is 11.8 Å². The highest BCUT2D eigenvalue weighted by molar-refractivity contribution is 7.87. The number of nitrogens with zero attached hydrogens (tertiary/aromatic N) is 1. The van der Waals surface area contributed by atoms with Crippen LogP contribution < -0.4 is 10.0 Å². The number of fused-ring (bicyclic) bond motifs is 2. The molecule has 0 aromatic heterocycles. The van der Waals surface area contributed by atoms with E-state index in [9.17, 15) is 8.42 Å². The van der Waals surface area contributed by atoms with E-state index in [0.717, 1.165) is 38.1 Å². The van der Waals surface area contributed by atoms with Crippen molar-refractivity contribution in [3.05, 3.63) is 0 Å². The Morgan fingerprint density at radius 3 is 2.65 bits per heavy atom. The molecule has 3 rings (SSSR count). The summed E-state index contributed by atoms with van der Waals surface area (Å²) in [5, 5.41) is 3.13. The molecular weight excluding hydrogens is 274 g/mol. The number of rotatable bonds is 5. The van der Waals surface area contributed by atoms with Gasteiger partial charge >= 0.3 is 0 Å². The van der Waals surface area contributed by atoms with Gasteiger partial charge in [-0.2, -0.15) is 17.4 Å². The summed E-state index contributed by atoms with van der Waals surface area (Å²) in [4.78, 5) is 0. The molecule has 116 valence electrons. The van der Waals surface area contributed by atoms with Gasteiger partial charge in [0, 0.05) is 25.2 Å². The molecule has 4 unspecified atom stereocenters. The van der Waals surface area contributed by atoms with Gasteiger partial charge in [0.1, 0.15) is 0 Å². The Hall–Kier alpha value is -0.170. The molecule has 0 aromatic carbocycles. The van der Waals surface area contributed by atoms with Crippen LogP contribution in [-0.2, 0) is 10.2 Å². The first kappa shape index (κ1) is 14.8. The van der Waals surface area contributed by atoms with Crippen molar-refractivity contribution in [2.45, 2.75) is 57.0 Å². The first-order chi connectivity index (χ1) is 9.60. The fourth-order valence-electron chi connectivity index (χ4n) is 4.38. The van der Waals surface area contributed by atoms with Crippen molar-refractivity contribution in [3.63, 3.8) is 0 Å². The lowest BCUT2D eigenvalue weighted by molar-refractivity contribution is 0.242. The van der Waals surface area contributed by atoms with E-state index in [-0.39, 0.29) is 12.1 Å². The Labute approximate surface area is 122 Å². The molecule has 0 amide bonds. The SMILES string of the molecule is CNCC1CCCCN1S(=O)(=O)NC1CC2CCC1C2. The predicted octanol–water partition coefficient (Wildman–Crippen LogP) is 1.08. The Kier molecular flexibility index (Phi) is 4.36. The molecule has 2 aliphatic carbocycles. The third-order valence-electron chi connectivity index (χ3n) is 5.36. The van der Waals surface area contributed by atoms with Gasteiger partial charge in [0.2, 0.25) is 0 Å². The minimum Gasteiger partial charge on any atom is -0.318 e. The molecule has 3 aliphatic rings. The zero-order valence-corrected chi connectivity index (χ0v) is 13.2. The molecule has 6 heteroatoms. The standard InChI is InChI=1S/C14H27N3O2S/c1-15-10-13-4-2-3-7-17(13)20(18,19)16-14-9-11-5-6-12(14)8-11/h11-16H,2-10H2,1H3. The van der Waals surface area contributed by atoms with E-state index >= 15 is 0 Å². The Balaban J connectivity index is 1.67. The number of hydrogen-bond donors (Lipinski definition) is 2. The van der Waals surface area contributed by atoms with Crippen molar-refractivity contribution in [1.82, 2.24) is 14.3 Å². The quantitative estimate of drug-likeness (QED) is 0.799. The lowest BCUT2D eigenvalue weighted by Crippen LogP contribution is -2.54. The Bertz CT molecular complexity index is 438. The number of piperidine rings is 1. The summed E-state index contributed by atoms with van der Waals surface area (Å²) in [6.07, 6.45) is 7.87. The van der Waals surface area contributed by atoms with Crippen molar-refractivity contribution in [3.8, 4) is 0 Å². The van der Waals surface area contributed by atoms with Crippen LogP contribution in [-0.4, -0.2) is 44.9 Å². The van der Waals surface area contributed by atoms with E-state index in [4.69, 9.17) is 0 Å². The summed E-state index contributed by atoms with van der Waals surface area (Å²) in [6, 6.07) is 0.306. The summed E-state index contributed by atoms with van der Waals surface area (Å²) >= 11 is 0. The molecule has 0 spiro atoms. The van der Waals surface area contributed by atoms with E-state index in [1.165, 1.54) is 19.3 Å². The molecule has 5 nitrogen and oxygen atoms in total. The highest BCUT2D eigenvalue weighted by Crippen LogP contribution is 2.44. The summed E-state index contributed by atoms with van der Waals surface area (Å²) in [5.41, 5.74) is 0. The van der Waals surface area contributed by atoms with Gasteiger partial charge < -0.3 is 5.32 Å². The summed E-state index contributed by atoms with van der Waals surface area (Å²) in [7, 11) is -1.43. The van der Waals surface area contributed by atoms with E-state index in [1.54, 1.807) is 4.31 Å².